The zero-order valence-corrected chi connectivity index (χ0v) is 10.5. The zero-order valence-electron chi connectivity index (χ0n) is 10.5. The van der Waals surface area contributed by atoms with Gasteiger partial charge in [-0.05, 0) is 30.2 Å². The van der Waals surface area contributed by atoms with Gasteiger partial charge in [0, 0.05) is 6.08 Å². The van der Waals surface area contributed by atoms with Gasteiger partial charge in [-0.2, -0.15) is 5.26 Å². The summed E-state index contributed by atoms with van der Waals surface area (Å²) in [6.07, 6.45) is 3.10. The maximum atomic E-state index is 11.5. The minimum atomic E-state index is -1.06. The number of amides is 1. The minimum Gasteiger partial charge on any atom is -0.480 e. The van der Waals surface area contributed by atoms with E-state index in [9.17, 15) is 9.59 Å². The first-order valence-corrected chi connectivity index (χ1v) is 5.78. The van der Waals surface area contributed by atoms with E-state index in [1.807, 2.05) is 6.07 Å². The van der Waals surface area contributed by atoms with E-state index >= 15 is 0 Å². The van der Waals surface area contributed by atoms with Gasteiger partial charge in [-0.1, -0.05) is 19.1 Å². The number of aliphatic carboxylic acids is 1. The summed E-state index contributed by atoms with van der Waals surface area (Å²) in [5.74, 6) is -1.53. The molecule has 2 N–H and O–H groups in total. The molecule has 1 aromatic carbocycles. The molecular formula is C14H14N2O3. The van der Waals surface area contributed by atoms with Crippen molar-refractivity contribution in [3.05, 3.63) is 41.5 Å². The van der Waals surface area contributed by atoms with Crippen LogP contribution in [0.2, 0.25) is 0 Å². The number of hydrogen-bond acceptors (Lipinski definition) is 3. The van der Waals surface area contributed by atoms with E-state index < -0.39 is 17.9 Å². The van der Waals surface area contributed by atoms with Gasteiger partial charge in [0.1, 0.15) is 6.04 Å². The van der Waals surface area contributed by atoms with E-state index in [1.54, 1.807) is 31.2 Å². The Morgan fingerprint density at radius 1 is 1.53 bits per heavy atom. The van der Waals surface area contributed by atoms with Crippen molar-refractivity contribution in [1.82, 2.24) is 5.32 Å². The van der Waals surface area contributed by atoms with Gasteiger partial charge in [-0.15, -0.1) is 0 Å². The van der Waals surface area contributed by atoms with Crippen molar-refractivity contribution >= 4 is 18.0 Å². The van der Waals surface area contributed by atoms with Gasteiger partial charge in [0.15, 0.2) is 0 Å². The molecule has 0 saturated heterocycles. The predicted molar refractivity (Wildman–Crippen MR) is 70.0 cm³/mol. The number of nitrogens with zero attached hydrogens (tertiary/aromatic N) is 1. The second kappa shape index (κ2) is 6.97. The van der Waals surface area contributed by atoms with Gasteiger partial charge >= 0.3 is 5.97 Å². The molecule has 0 saturated carbocycles. The van der Waals surface area contributed by atoms with E-state index in [2.05, 4.69) is 5.32 Å². The molecule has 0 aromatic heterocycles. The zero-order chi connectivity index (χ0) is 14.3. The van der Waals surface area contributed by atoms with Gasteiger partial charge in [0.05, 0.1) is 11.6 Å². The number of carbonyl (C=O) groups excluding carboxylic acids is 1. The molecule has 1 rings (SSSR count). The van der Waals surface area contributed by atoms with Crippen molar-refractivity contribution in [3.63, 3.8) is 0 Å². The molecule has 0 aliphatic rings. The van der Waals surface area contributed by atoms with Crippen molar-refractivity contribution < 1.29 is 14.7 Å². The predicted octanol–water partition coefficient (Wildman–Crippen LogP) is 1.55. The normalized spacial score (nSPS) is 11.8. The molecule has 0 unspecified atom stereocenters. The van der Waals surface area contributed by atoms with Gasteiger partial charge in [0.25, 0.3) is 0 Å². The highest BCUT2D eigenvalue weighted by molar-refractivity contribution is 5.94. The Bertz CT molecular complexity index is 544. The standard InChI is InChI=1S/C14H14N2O3/c1-2-12(14(18)19)16-13(17)7-6-10-4-3-5-11(8-10)9-15/h3-8,12H,2H2,1H3,(H,16,17)(H,18,19)/t12-/m1/s1. The van der Waals surface area contributed by atoms with Crippen molar-refractivity contribution in [2.24, 2.45) is 0 Å². The second-order valence-electron chi connectivity index (χ2n) is 3.88. The summed E-state index contributed by atoms with van der Waals surface area (Å²) in [6.45, 7) is 1.68. The number of carboxylic acids is 1. The molecule has 0 fully saturated rings. The number of carboxylic acid groups (broad SMARTS) is 1. The lowest BCUT2D eigenvalue weighted by atomic mass is 10.1. The lowest BCUT2D eigenvalue weighted by Crippen LogP contribution is -2.39. The van der Waals surface area contributed by atoms with Crippen LogP contribution in [0, 0.1) is 11.3 Å². The highest BCUT2D eigenvalue weighted by Crippen LogP contribution is 2.06. The maximum Gasteiger partial charge on any atom is 0.326 e. The summed E-state index contributed by atoms with van der Waals surface area (Å²) in [7, 11) is 0. The Balaban J connectivity index is 2.68. The fraction of sp³-hybridized carbons (Fsp3) is 0.214. The first-order chi connectivity index (χ1) is 9.06. The average molecular weight is 258 g/mol. The molecule has 0 heterocycles. The van der Waals surface area contributed by atoms with Crippen molar-refractivity contribution in [1.29, 1.82) is 5.26 Å². The fourth-order valence-corrected chi connectivity index (χ4v) is 1.44. The van der Waals surface area contributed by atoms with Crippen LogP contribution in [0.15, 0.2) is 30.3 Å². The van der Waals surface area contributed by atoms with Crippen LogP contribution in [0.25, 0.3) is 6.08 Å². The molecule has 0 bridgehead atoms. The third-order valence-electron chi connectivity index (χ3n) is 2.47. The number of nitrogens with one attached hydrogen (secondary N) is 1. The van der Waals surface area contributed by atoms with Crippen LogP contribution in [0.3, 0.4) is 0 Å². The van der Waals surface area contributed by atoms with Gasteiger partial charge in [-0.3, -0.25) is 4.79 Å². The minimum absolute atomic E-state index is 0.318. The Labute approximate surface area is 111 Å². The van der Waals surface area contributed by atoms with E-state index in [1.165, 1.54) is 12.2 Å². The van der Waals surface area contributed by atoms with Gasteiger partial charge in [-0.25, -0.2) is 4.79 Å². The van der Waals surface area contributed by atoms with Gasteiger partial charge in [0.2, 0.25) is 5.91 Å². The van der Waals surface area contributed by atoms with E-state index in [4.69, 9.17) is 10.4 Å². The fourth-order valence-electron chi connectivity index (χ4n) is 1.44. The topological polar surface area (TPSA) is 90.2 Å². The third kappa shape index (κ3) is 4.64. The summed E-state index contributed by atoms with van der Waals surface area (Å²) < 4.78 is 0. The van der Waals surface area contributed by atoms with Crippen LogP contribution >= 0.6 is 0 Å². The van der Waals surface area contributed by atoms with Crippen molar-refractivity contribution in [2.45, 2.75) is 19.4 Å². The highest BCUT2D eigenvalue weighted by Gasteiger charge is 2.15. The molecule has 1 aromatic rings. The van der Waals surface area contributed by atoms with Crippen LogP contribution < -0.4 is 5.32 Å². The molecule has 0 radical (unpaired) electrons. The lowest BCUT2D eigenvalue weighted by Gasteiger charge is -2.09. The summed E-state index contributed by atoms with van der Waals surface area (Å²) in [6, 6.07) is 7.87. The lowest BCUT2D eigenvalue weighted by molar-refractivity contribution is -0.141. The van der Waals surface area contributed by atoms with Crippen LogP contribution in [-0.4, -0.2) is 23.0 Å². The van der Waals surface area contributed by atoms with Crippen LogP contribution in [0.1, 0.15) is 24.5 Å². The van der Waals surface area contributed by atoms with E-state index in [-0.39, 0.29) is 0 Å². The monoisotopic (exact) mass is 258 g/mol. The van der Waals surface area contributed by atoms with Crippen LogP contribution in [0.5, 0.6) is 0 Å². The summed E-state index contributed by atoms with van der Waals surface area (Å²) in [5.41, 5.74) is 1.21. The first kappa shape index (κ1) is 14.5. The molecule has 5 nitrogen and oxygen atoms in total. The molecule has 5 heteroatoms. The SMILES string of the molecule is CC[C@@H](NC(=O)C=Cc1cccc(C#N)c1)C(=O)O. The molecular weight excluding hydrogens is 244 g/mol. The van der Waals surface area contributed by atoms with Crippen LogP contribution in [-0.2, 0) is 9.59 Å². The summed E-state index contributed by atoms with van der Waals surface area (Å²) in [5, 5.41) is 19.9. The van der Waals surface area contributed by atoms with E-state index in [0.29, 0.717) is 17.5 Å². The Morgan fingerprint density at radius 3 is 2.84 bits per heavy atom. The molecule has 0 spiro atoms. The van der Waals surface area contributed by atoms with E-state index in [0.717, 1.165) is 0 Å². The van der Waals surface area contributed by atoms with Crippen LogP contribution in [0.4, 0.5) is 0 Å². The van der Waals surface area contributed by atoms with Crippen molar-refractivity contribution in [2.75, 3.05) is 0 Å². The molecule has 98 valence electrons. The maximum absolute atomic E-state index is 11.5. The smallest absolute Gasteiger partial charge is 0.326 e. The molecule has 0 aliphatic carbocycles. The number of rotatable bonds is 5. The number of benzene rings is 1. The third-order valence-corrected chi connectivity index (χ3v) is 2.47. The molecule has 1 atom stereocenters. The molecule has 19 heavy (non-hydrogen) atoms. The largest absolute Gasteiger partial charge is 0.480 e. The van der Waals surface area contributed by atoms with Gasteiger partial charge < -0.3 is 10.4 Å². The average Bonchev–Trinajstić information content (AvgIpc) is 2.42. The molecule has 0 aliphatic heterocycles. The number of hydrogen-bond donors (Lipinski definition) is 2. The van der Waals surface area contributed by atoms with Crippen molar-refractivity contribution in [3.8, 4) is 6.07 Å². The highest BCUT2D eigenvalue weighted by atomic mass is 16.4. The Hall–Kier alpha value is -2.61. The summed E-state index contributed by atoms with van der Waals surface area (Å²) in [4.78, 5) is 22.3. The Kier molecular flexibility index (Phi) is 5.30. The number of nitriles is 1. The first-order valence-electron chi connectivity index (χ1n) is 5.78. The summed E-state index contributed by atoms with van der Waals surface area (Å²) >= 11 is 0. The second-order valence-corrected chi connectivity index (χ2v) is 3.88. The quantitative estimate of drug-likeness (QED) is 0.784. The Morgan fingerprint density at radius 2 is 2.26 bits per heavy atom. The molecule has 1 amide bonds. The number of carbonyl (C=O) groups is 2.